The number of anilines is 1. The maximum absolute atomic E-state index is 11.3. The third kappa shape index (κ3) is 2.14. The van der Waals surface area contributed by atoms with Crippen molar-refractivity contribution >= 4 is 22.6 Å². The average Bonchev–Trinajstić information content (AvgIpc) is 2.36. The molecule has 1 heterocycles. The summed E-state index contributed by atoms with van der Waals surface area (Å²) >= 11 is 0. The van der Waals surface area contributed by atoms with Crippen LogP contribution in [0.2, 0.25) is 0 Å². The number of hydrogen-bond acceptors (Lipinski definition) is 3. The van der Waals surface area contributed by atoms with Crippen LogP contribution in [0.3, 0.4) is 0 Å². The Hall–Kier alpha value is -2.10. The lowest BCUT2D eigenvalue weighted by Gasteiger charge is -2.25. The molecule has 0 spiro atoms. The Balaban J connectivity index is 2.69. The molecule has 2 aromatic rings. The topological polar surface area (TPSA) is 53.4 Å². The Kier molecular flexibility index (Phi) is 3.19. The molecule has 1 N–H and O–H groups in total. The normalized spacial score (nSPS) is 10.9. The highest BCUT2D eigenvalue weighted by Gasteiger charge is 2.18. The van der Waals surface area contributed by atoms with Crippen LogP contribution < -0.4 is 4.90 Å². The number of benzene rings is 1. The SMILES string of the molecule is CC(C)N(C)c1cc2ccccc2nc1C(=O)O. The summed E-state index contributed by atoms with van der Waals surface area (Å²) in [5, 5.41) is 10.2. The molecule has 4 heteroatoms. The Morgan fingerprint density at radius 3 is 2.61 bits per heavy atom. The van der Waals surface area contributed by atoms with Crippen LogP contribution in [0, 0.1) is 0 Å². The van der Waals surface area contributed by atoms with E-state index in [1.54, 1.807) is 0 Å². The molecule has 0 aliphatic rings. The van der Waals surface area contributed by atoms with Crippen molar-refractivity contribution in [2.75, 3.05) is 11.9 Å². The molecule has 0 saturated heterocycles. The highest BCUT2D eigenvalue weighted by Crippen LogP contribution is 2.25. The van der Waals surface area contributed by atoms with Gasteiger partial charge in [-0.3, -0.25) is 0 Å². The Morgan fingerprint density at radius 2 is 2.00 bits per heavy atom. The van der Waals surface area contributed by atoms with Crippen molar-refractivity contribution in [3.05, 3.63) is 36.0 Å². The standard InChI is InChI=1S/C14H16N2O2/c1-9(2)16(3)12-8-10-6-4-5-7-11(10)15-13(12)14(17)18/h4-9H,1-3H3,(H,17,18). The number of para-hydroxylation sites is 1. The summed E-state index contributed by atoms with van der Waals surface area (Å²) in [5.74, 6) is -0.997. The Labute approximate surface area is 106 Å². The van der Waals surface area contributed by atoms with Crippen LogP contribution >= 0.6 is 0 Å². The minimum atomic E-state index is -0.997. The molecule has 0 atom stereocenters. The quantitative estimate of drug-likeness (QED) is 0.902. The van der Waals surface area contributed by atoms with E-state index in [-0.39, 0.29) is 11.7 Å². The molecule has 4 nitrogen and oxygen atoms in total. The van der Waals surface area contributed by atoms with E-state index >= 15 is 0 Å². The van der Waals surface area contributed by atoms with Gasteiger partial charge >= 0.3 is 5.97 Å². The summed E-state index contributed by atoms with van der Waals surface area (Å²) < 4.78 is 0. The monoisotopic (exact) mass is 244 g/mol. The molecule has 0 bridgehead atoms. The summed E-state index contributed by atoms with van der Waals surface area (Å²) in [6.45, 7) is 4.03. The zero-order chi connectivity index (χ0) is 13.3. The van der Waals surface area contributed by atoms with Crippen LogP contribution in [0.1, 0.15) is 24.3 Å². The molecule has 18 heavy (non-hydrogen) atoms. The fourth-order valence-corrected chi connectivity index (χ4v) is 1.81. The van der Waals surface area contributed by atoms with Crippen LogP contribution in [-0.2, 0) is 0 Å². The van der Waals surface area contributed by atoms with Crippen LogP contribution in [-0.4, -0.2) is 29.1 Å². The number of carboxylic acids is 1. The molecule has 0 amide bonds. The lowest BCUT2D eigenvalue weighted by molar-refractivity contribution is 0.0691. The van der Waals surface area contributed by atoms with Gasteiger partial charge < -0.3 is 10.0 Å². The predicted octanol–water partition coefficient (Wildman–Crippen LogP) is 2.78. The summed E-state index contributed by atoms with van der Waals surface area (Å²) in [4.78, 5) is 17.5. The molecule has 0 unspecified atom stereocenters. The van der Waals surface area contributed by atoms with Gasteiger partial charge in [-0.15, -0.1) is 0 Å². The van der Waals surface area contributed by atoms with Crippen molar-refractivity contribution < 1.29 is 9.90 Å². The largest absolute Gasteiger partial charge is 0.476 e. The average molecular weight is 244 g/mol. The minimum absolute atomic E-state index is 0.102. The lowest BCUT2D eigenvalue weighted by atomic mass is 10.1. The molecular weight excluding hydrogens is 228 g/mol. The van der Waals surface area contributed by atoms with E-state index in [9.17, 15) is 9.90 Å². The summed E-state index contributed by atoms with van der Waals surface area (Å²) in [6.07, 6.45) is 0. The van der Waals surface area contributed by atoms with E-state index in [0.29, 0.717) is 11.2 Å². The molecule has 94 valence electrons. The molecule has 0 aliphatic heterocycles. The van der Waals surface area contributed by atoms with E-state index in [2.05, 4.69) is 4.98 Å². The van der Waals surface area contributed by atoms with Crippen LogP contribution in [0.4, 0.5) is 5.69 Å². The number of rotatable bonds is 3. The Morgan fingerprint density at radius 1 is 1.33 bits per heavy atom. The van der Waals surface area contributed by atoms with Gasteiger partial charge in [0.1, 0.15) is 0 Å². The van der Waals surface area contributed by atoms with Crippen LogP contribution in [0.5, 0.6) is 0 Å². The number of carbonyl (C=O) groups is 1. The first kappa shape index (κ1) is 12.4. The second kappa shape index (κ2) is 4.64. The molecule has 0 saturated carbocycles. The van der Waals surface area contributed by atoms with E-state index in [1.165, 1.54) is 0 Å². The van der Waals surface area contributed by atoms with Crippen molar-refractivity contribution in [1.82, 2.24) is 4.98 Å². The van der Waals surface area contributed by atoms with Crippen molar-refractivity contribution in [1.29, 1.82) is 0 Å². The zero-order valence-electron chi connectivity index (χ0n) is 10.7. The fourth-order valence-electron chi connectivity index (χ4n) is 1.81. The van der Waals surface area contributed by atoms with Gasteiger partial charge in [-0.1, -0.05) is 18.2 Å². The zero-order valence-corrected chi connectivity index (χ0v) is 10.7. The number of fused-ring (bicyclic) bond motifs is 1. The first-order valence-corrected chi connectivity index (χ1v) is 5.86. The third-order valence-electron chi connectivity index (χ3n) is 3.06. The summed E-state index contributed by atoms with van der Waals surface area (Å²) in [6, 6.07) is 9.63. The second-order valence-corrected chi connectivity index (χ2v) is 4.56. The molecule has 0 fully saturated rings. The highest BCUT2D eigenvalue weighted by atomic mass is 16.4. The van der Waals surface area contributed by atoms with Gasteiger partial charge in [0.15, 0.2) is 5.69 Å². The van der Waals surface area contributed by atoms with Gasteiger partial charge in [0.05, 0.1) is 11.2 Å². The minimum Gasteiger partial charge on any atom is -0.476 e. The number of aromatic carboxylic acids is 1. The van der Waals surface area contributed by atoms with Crippen LogP contribution in [0.25, 0.3) is 10.9 Å². The molecule has 2 rings (SSSR count). The van der Waals surface area contributed by atoms with Crippen molar-refractivity contribution in [3.8, 4) is 0 Å². The van der Waals surface area contributed by atoms with E-state index in [0.717, 1.165) is 5.39 Å². The van der Waals surface area contributed by atoms with E-state index in [1.807, 2.05) is 56.1 Å². The molecule has 1 aromatic heterocycles. The van der Waals surface area contributed by atoms with Crippen molar-refractivity contribution in [2.24, 2.45) is 0 Å². The molecule has 1 aromatic carbocycles. The summed E-state index contributed by atoms with van der Waals surface area (Å²) in [7, 11) is 1.88. The molecule has 0 aliphatic carbocycles. The van der Waals surface area contributed by atoms with Gasteiger partial charge in [-0.25, -0.2) is 9.78 Å². The number of carboxylic acid groups (broad SMARTS) is 1. The van der Waals surface area contributed by atoms with E-state index < -0.39 is 5.97 Å². The van der Waals surface area contributed by atoms with Crippen molar-refractivity contribution in [3.63, 3.8) is 0 Å². The van der Waals surface area contributed by atoms with Gasteiger partial charge in [0.25, 0.3) is 0 Å². The summed E-state index contributed by atoms with van der Waals surface area (Å²) in [5.41, 5.74) is 1.46. The first-order chi connectivity index (χ1) is 8.50. The van der Waals surface area contributed by atoms with Gasteiger partial charge in [-0.2, -0.15) is 0 Å². The van der Waals surface area contributed by atoms with Gasteiger partial charge in [-0.05, 0) is 26.0 Å². The number of pyridine rings is 1. The second-order valence-electron chi connectivity index (χ2n) is 4.56. The van der Waals surface area contributed by atoms with Gasteiger partial charge in [0, 0.05) is 18.5 Å². The maximum atomic E-state index is 11.3. The third-order valence-corrected chi connectivity index (χ3v) is 3.06. The smallest absolute Gasteiger partial charge is 0.356 e. The first-order valence-electron chi connectivity index (χ1n) is 5.86. The Bertz CT molecular complexity index is 593. The van der Waals surface area contributed by atoms with Crippen molar-refractivity contribution in [2.45, 2.75) is 19.9 Å². The van der Waals surface area contributed by atoms with Gasteiger partial charge in [0.2, 0.25) is 0 Å². The van der Waals surface area contributed by atoms with E-state index in [4.69, 9.17) is 0 Å². The lowest BCUT2D eigenvalue weighted by Crippen LogP contribution is -2.27. The number of hydrogen-bond donors (Lipinski definition) is 1. The fraction of sp³-hybridized carbons (Fsp3) is 0.286. The maximum Gasteiger partial charge on any atom is 0.356 e. The van der Waals surface area contributed by atoms with Crippen LogP contribution in [0.15, 0.2) is 30.3 Å². The molecule has 0 radical (unpaired) electrons. The number of nitrogens with zero attached hydrogens (tertiary/aromatic N) is 2. The predicted molar refractivity (Wildman–Crippen MR) is 72.2 cm³/mol. The number of aromatic nitrogens is 1. The highest BCUT2D eigenvalue weighted by molar-refractivity contribution is 5.97. The molecular formula is C14H16N2O2.